The fraction of sp³-hybridized carbons (Fsp3) is 0.947. The summed E-state index contributed by atoms with van der Waals surface area (Å²) >= 11 is 0. The van der Waals surface area contributed by atoms with Crippen LogP contribution in [0.5, 0.6) is 0 Å². The summed E-state index contributed by atoms with van der Waals surface area (Å²) in [5, 5.41) is 15.6. The number of nitrogens with one attached hydrogen (secondary N) is 2. The van der Waals surface area contributed by atoms with Crippen LogP contribution in [0.2, 0.25) is 0 Å². The van der Waals surface area contributed by atoms with Crippen molar-refractivity contribution in [1.82, 2.24) is 15.5 Å². The molecule has 2 amide bonds. The maximum absolute atomic E-state index is 12.2. The molecule has 1 saturated carbocycles. The maximum Gasteiger partial charge on any atom is 0.315 e. The van der Waals surface area contributed by atoms with Crippen molar-refractivity contribution in [3.05, 3.63) is 0 Å². The first-order valence-corrected chi connectivity index (χ1v) is 9.89. The average Bonchev–Trinajstić information content (AvgIpc) is 2.56. The largest absolute Gasteiger partial charge is 0.394 e. The number of amides is 2. The zero-order valence-corrected chi connectivity index (χ0v) is 15.8. The molecule has 1 atom stereocenters. The predicted octanol–water partition coefficient (Wildman–Crippen LogP) is 2.88. The van der Waals surface area contributed by atoms with Crippen molar-refractivity contribution in [2.24, 2.45) is 5.92 Å². The van der Waals surface area contributed by atoms with Crippen LogP contribution in [-0.2, 0) is 0 Å². The van der Waals surface area contributed by atoms with E-state index in [-0.39, 0.29) is 18.7 Å². The molecule has 0 spiro atoms. The van der Waals surface area contributed by atoms with Crippen molar-refractivity contribution in [2.75, 3.05) is 19.7 Å². The summed E-state index contributed by atoms with van der Waals surface area (Å²) in [6.07, 6.45) is 8.89. The predicted molar refractivity (Wildman–Crippen MR) is 98.1 cm³/mol. The Kier molecular flexibility index (Phi) is 7.35. The minimum atomic E-state index is -0.513. The normalized spacial score (nSPS) is 29.0. The van der Waals surface area contributed by atoms with Crippen LogP contribution < -0.4 is 10.6 Å². The zero-order chi connectivity index (χ0) is 17.6. The Balaban J connectivity index is 1.71. The summed E-state index contributed by atoms with van der Waals surface area (Å²) in [7, 11) is 0. The van der Waals surface area contributed by atoms with Crippen LogP contribution >= 0.6 is 0 Å². The fourth-order valence-corrected chi connectivity index (χ4v) is 4.21. The molecule has 1 aliphatic heterocycles. The van der Waals surface area contributed by atoms with Crippen LogP contribution in [0.25, 0.3) is 0 Å². The molecule has 5 heteroatoms. The van der Waals surface area contributed by atoms with Gasteiger partial charge in [0.05, 0.1) is 12.1 Å². The second kappa shape index (κ2) is 9.04. The first kappa shape index (κ1) is 19.5. The third kappa shape index (κ3) is 5.62. The van der Waals surface area contributed by atoms with E-state index in [9.17, 15) is 9.90 Å². The van der Waals surface area contributed by atoms with Gasteiger partial charge in [-0.2, -0.15) is 0 Å². The van der Waals surface area contributed by atoms with Gasteiger partial charge < -0.3 is 20.6 Å². The first-order chi connectivity index (χ1) is 11.5. The maximum atomic E-state index is 12.2. The number of carbonyl (C=O) groups excluding carboxylic acids is 1. The summed E-state index contributed by atoms with van der Waals surface area (Å²) in [5.41, 5.74) is -0.513. The van der Waals surface area contributed by atoms with Crippen molar-refractivity contribution in [3.8, 4) is 0 Å². The number of aliphatic hydroxyl groups excluding tert-OH is 1. The van der Waals surface area contributed by atoms with Crippen molar-refractivity contribution in [1.29, 1.82) is 0 Å². The number of nitrogens with zero attached hydrogens (tertiary/aromatic N) is 1. The van der Waals surface area contributed by atoms with E-state index in [4.69, 9.17) is 0 Å². The van der Waals surface area contributed by atoms with Crippen molar-refractivity contribution >= 4 is 6.03 Å². The van der Waals surface area contributed by atoms with E-state index in [1.165, 1.54) is 38.8 Å². The van der Waals surface area contributed by atoms with Crippen LogP contribution in [-0.4, -0.2) is 53.4 Å². The molecule has 2 fully saturated rings. The molecular formula is C19H37N3O2. The molecule has 1 heterocycles. The third-order valence-electron chi connectivity index (χ3n) is 5.93. The molecule has 1 unspecified atom stereocenters. The summed E-state index contributed by atoms with van der Waals surface area (Å²) in [5.74, 6) is 0.881. The number of carbonyl (C=O) groups is 1. The van der Waals surface area contributed by atoms with Gasteiger partial charge in [0.2, 0.25) is 0 Å². The van der Waals surface area contributed by atoms with E-state index < -0.39 is 5.54 Å². The number of rotatable bonds is 6. The number of aliphatic hydroxyl groups is 1. The second-order valence-electron chi connectivity index (χ2n) is 8.29. The van der Waals surface area contributed by atoms with Gasteiger partial charge in [-0.3, -0.25) is 0 Å². The van der Waals surface area contributed by atoms with E-state index in [2.05, 4.69) is 29.4 Å². The lowest BCUT2D eigenvalue weighted by Crippen LogP contribution is -2.55. The van der Waals surface area contributed by atoms with Crippen LogP contribution in [0.15, 0.2) is 0 Å². The minimum Gasteiger partial charge on any atom is -0.394 e. The molecule has 0 aromatic rings. The van der Waals surface area contributed by atoms with Gasteiger partial charge in [0, 0.05) is 12.1 Å². The van der Waals surface area contributed by atoms with Gasteiger partial charge in [0.25, 0.3) is 0 Å². The molecule has 0 radical (unpaired) electrons. The van der Waals surface area contributed by atoms with Gasteiger partial charge in [-0.1, -0.05) is 20.3 Å². The highest BCUT2D eigenvalue weighted by atomic mass is 16.3. The smallest absolute Gasteiger partial charge is 0.315 e. The van der Waals surface area contributed by atoms with Crippen LogP contribution in [0.3, 0.4) is 0 Å². The Morgan fingerprint density at radius 1 is 1.17 bits per heavy atom. The zero-order valence-electron chi connectivity index (χ0n) is 15.8. The molecule has 5 nitrogen and oxygen atoms in total. The fourth-order valence-electron chi connectivity index (χ4n) is 4.21. The first-order valence-electron chi connectivity index (χ1n) is 9.89. The third-order valence-corrected chi connectivity index (χ3v) is 5.93. The lowest BCUT2D eigenvalue weighted by atomic mass is 9.88. The Labute approximate surface area is 147 Å². The molecule has 2 rings (SSSR count). The lowest BCUT2D eigenvalue weighted by Gasteiger charge is -2.40. The van der Waals surface area contributed by atoms with Gasteiger partial charge in [-0.05, 0) is 70.9 Å². The number of hydrogen-bond donors (Lipinski definition) is 3. The van der Waals surface area contributed by atoms with Gasteiger partial charge >= 0.3 is 6.03 Å². The van der Waals surface area contributed by atoms with Gasteiger partial charge in [0.1, 0.15) is 0 Å². The van der Waals surface area contributed by atoms with Gasteiger partial charge in [-0.25, -0.2) is 4.79 Å². The van der Waals surface area contributed by atoms with E-state index in [1.54, 1.807) is 0 Å². The topological polar surface area (TPSA) is 64.6 Å². The molecule has 2 aliphatic rings. The number of likely N-dealkylation sites (tertiary alicyclic amines) is 1. The SMILES string of the molecule is CCCC(C)(CO)NC(=O)NC1CCC(N2CCC(C)CC2)CC1. The van der Waals surface area contributed by atoms with Crippen molar-refractivity contribution < 1.29 is 9.90 Å². The van der Waals surface area contributed by atoms with Crippen LogP contribution in [0, 0.1) is 5.92 Å². The number of urea groups is 1. The Hall–Kier alpha value is -0.810. The highest BCUT2D eigenvalue weighted by Gasteiger charge is 2.30. The Bertz CT molecular complexity index is 388. The molecule has 0 aromatic heterocycles. The molecule has 24 heavy (non-hydrogen) atoms. The average molecular weight is 340 g/mol. The van der Waals surface area contributed by atoms with Crippen molar-refractivity contribution in [2.45, 2.75) is 89.8 Å². The molecule has 0 aromatic carbocycles. The highest BCUT2D eigenvalue weighted by Crippen LogP contribution is 2.27. The van der Waals surface area contributed by atoms with E-state index in [0.29, 0.717) is 6.04 Å². The lowest BCUT2D eigenvalue weighted by molar-refractivity contribution is 0.103. The highest BCUT2D eigenvalue weighted by molar-refractivity contribution is 5.75. The summed E-state index contributed by atoms with van der Waals surface area (Å²) in [4.78, 5) is 14.9. The van der Waals surface area contributed by atoms with Crippen LogP contribution in [0.1, 0.15) is 72.1 Å². The molecule has 140 valence electrons. The standard InChI is InChI=1S/C19H37N3O2/c1-4-11-19(3,14-23)21-18(24)20-16-5-7-17(8-6-16)22-12-9-15(2)10-13-22/h15-17,23H,4-14H2,1-3H3,(H2,20,21,24). The quantitative estimate of drug-likeness (QED) is 0.697. The van der Waals surface area contributed by atoms with E-state index in [0.717, 1.165) is 31.6 Å². The summed E-state index contributed by atoms with van der Waals surface area (Å²) in [6, 6.07) is 0.853. The monoisotopic (exact) mass is 339 g/mol. The minimum absolute atomic E-state index is 0.0195. The molecule has 1 saturated heterocycles. The molecule has 1 aliphatic carbocycles. The molecule has 3 N–H and O–H groups in total. The number of piperidine rings is 1. The Morgan fingerprint density at radius 3 is 2.33 bits per heavy atom. The Morgan fingerprint density at radius 2 is 1.79 bits per heavy atom. The van der Waals surface area contributed by atoms with E-state index >= 15 is 0 Å². The van der Waals surface area contributed by atoms with Gasteiger partial charge in [-0.15, -0.1) is 0 Å². The van der Waals surface area contributed by atoms with Crippen molar-refractivity contribution in [3.63, 3.8) is 0 Å². The van der Waals surface area contributed by atoms with Crippen LogP contribution in [0.4, 0.5) is 4.79 Å². The second-order valence-corrected chi connectivity index (χ2v) is 8.29. The number of hydrogen-bond acceptors (Lipinski definition) is 3. The van der Waals surface area contributed by atoms with E-state index in [1.807, 2.05) is 6.92 Å². The molecule has 0 bridgehead atoms. The summed E-state index contributed by atoms with van der Waals surface area (Å²) in [6.45, 7) is 8.80. The van der Waals surface area contributed by atoms with Gasteiger partial charge in [0.15, 0.2) is 0 Å². The summed E-state index contributed by atoms with van der Waals surface area (Å²) < 4.78 is 0. The molecular weight excluding hydrogens is 302 g/mol.